The predicted molar refractivity (Wildman–Crippen MR) is 85.9 cm³/mol. The van der Waals surface area contributed by atoms with Gasteiger partial charge in [-0.15, -0.1) is 0 Å². The van der Waals surface area contributed by atoms with Gasteiger partial charge in [0.1, 0.15) is 0 Å². The summed E-state index contributed by atoms with van der Waals surface area (Å²) in [6.45, 7) is 0.280. The van der Waals surface area contributed by atoms with Gasteiger partial charge in [-0.05, 0) is 40.1 Å². The molecule has 24 heavy (non-hydrogen) atoms. The van der Waals surface area contributed by atoms with Crippen LogP contribution in [0.25, 0.3) is 0 Å². The molecule has 2 aromatic carbocycles. The molecule has 0 saturated carbocycles. The van der Waals surface area contributed by atoms with Crippen LogP contribution in [0.4, 0.5) is 5.95 Å². The third-order valence-corrected chi connectivity index (χ3v) is 4.53. The van der Waals surface area contributed by atoms with E-state index in [1.54, 1.807) is 0 Å². The Balaban J connectivity index is 1.53. The third kappa shape index (κ3) is 2.09. The molecule has 0 bridgehead atoms. The van der Waals surface area contributed by atoms with Gasteiger partial charge in [0.05, 0.1) is 12.1 Å². The lowest BCUT2D eigenvalue weighted by Crippen LogP contribution is -2.28. The average molecular weight is 321 g/mol. The summed E-state index contributed by atoms with van der Waals surface area (Å²) in [6.07, 6.45) is 0.849. The third-order valence-electron chi connectivity index (χ3n) is 4.53. The first kappa shape index (κ1) is 13.4. The van der Waals surface area contributed by atoms with Crippen molar-refractivity contribution in [3.8, 4) is 11.5 Å². The highest BCUT2D eigenvalue weighted by Gasteiger charge is 2.31. The molecular weight excluding hydrogens is 306 g/mol. The van der Waals surface area contributed by atoms with E-state index in [-0.39, 0.29) is 18.9 Å². The summed E-state index contributed by atoms with van der Waals surface area (Å²) in [7, 11) is 0. The van der Waals surface area contributed by atoms with E-state index in [0.29, 0.717) is 5.95 Å². The Kier molecular flexibility index (Phi) is 2.91. The second-order valence-electron chi connectivity index (χ2n) is 5.92. The number of fused-ring (bicyclic) bond motifs is 2. The first-order chi connectivity index (χ1) is 11.9. The van der Waals surface area contributed by atoms with Crippen LogP contribution in [-0.4, -0.2) is 27.0 Å². The number of nitrogens with one attached hydrogen (secondary N) is 1. The molecule has 1 N–H and O–H groups in total. The SMILES string of the molecule is c1ccc([C@@H]2C[C@@H](c3ccc4c(c3)OCO4)Nc3nnnn32)cc1. The number of tetrazole rings is 1. The molecule has 120 valence electrons. The lowest BCUT2D eigenvalue weighted by atomic mass is 9.93. The van der Waals surface area contributed by atoms with E-state index < -0.39 is 0 Å². The van der Waals surface area contributed by atoms with Crippen LogP contribution in [0.5, 0.6) is 11.5 Å². The van der Waals surface area contributed by atoms with E-state index in [1.165, 1.54) is 5.56 Å². The van der Waals surface area contributed by atoms with Crippen molar-refractivity contribution in [3.05, 3.63) is 59.7 Å². The Hall–Kier alpha value is -3.09. The van der Waals surface area contributed by atoms with E-state index in [4.69, 9.17) is 9.47 Å². The largest absolute Gasteiger partial charge is 0.454 e. The summed E-state index contributed by atoms with van der Waals surface area (Å²) in [5.74, 6) is 2.26. The quantitative estimate of drug-likeness (QED) is 0.782. The van der Waals surface area contributed by atoms with Gasteiger partial charge in [0.2, 0.25) is 12.7 Å². The molecule has 7 heteroatoms. The molecular formula is C17H15N5O2. The molecule has 3 aromatic rings. The molecule has 2 aliphatic heterocycles. The summed E-state index contributed by atoms with van der Waals surface area (Å²) < 4.78 is 12.7. The molecule has 2 aliphatic rings. The topological polar surface area (TPSA) is 74.1 Å². The number of hydrogen-bond donors (Lipinski definition) is 1. The first-order valence-corrected chi connectivity index (χ1v) is 7.87. The zero-order chi connectivity index (χ0) is 15.9. The minimum Gasteiger partial charge on any atom is -0.454 e. The Morgan fingerprint density at radius 3 is 2.79 bits per heavy atom. The maximum Gasteiger partial charge on any atom is 0.243 e. The van der Waals surface area contributed by atoms with Crippen molar-refractivity contribution in [1.82, 2.24) is 20.2 Å². The summed E-state index contributed by atoms with van der Waals surface area (Å²) >= 11 is 0. The normalized spacial score (nSPS) is 21.2. The monoisotopic (exact) mass is 321 g/mol. The molecule has 0 saturated heterocycles. The van der Waals surface area contributed by atoms with E-state index in [1.807, 2.05) is 35.0 Å². The fraction of sp³-hybridized carbons (Fsp3) is 0.235. The number of anilines is 1. The zero-order valence-corrected chi connectivity index (χ0v) is 12.8. The molecule has 5 rings (SSSR count). The Morgan fingerprint density at radius 2 is 1.88 bits per heavy atom. The number of ether oxygens (including phenoxy) is 2. The minimum absolute atomic E-state index is 0.0906. The highest BCUT2D eigenvalue weighted by Crippen LogP contribution is 2.40. The maximum atomic E-state index is 5.50. The van der Waals surface area contributed by atoms with Gasteiger partial charge in [-0.3, -0.25) is 0 Å². The standard InChI is InChI=1S/C17H15N5O2/c1-2-4-11(5-3-1)14-9-13(18-17-19-20-21-22(14)17)12-6-7-15-16(8-12)24-10-23-15/h1-8,13-14H,9-10H2,(H,18,19,21)/t13-,14-/m0/s1. The van der Waals surface area contributed by atoms with Crippen LogP contribution in [0, 0.1) is 0 Å². The number of hydrogen-bond acceptors (Lipinski definition) is 6. The highest BCUT2D eigenvalue weighted by molar-refractivity contribution is 5.47. The van der Waals surface area contributed by atoms with E-state index in [9.17, 15) is 0 Å². The Bertz CT molecular complexity index is 880. The molecule has 0 fully saturated rings. The summed E-state index contributed by atoms with van der Waals surface area (Å²) in [5, 5.41) is 15.5. The van der Waals surface area contributed by atoms with Crippen LogP contribution in [0.3, 0.4) is 0 Å². The fourth-order valence-corrected chi connectivity index (χ4v) is 3.34. The Labute approximate surface area is 138 Å². The van der Waals surface area contributed by atoms with Gasteiger partial charge in [0, 0.05) is 0 Å². The first-order valence-electron chi connectivity index (χ1n) is 7.87. The molecule has 3 heterocycles. The van der Waals surface area contributed by atoms with Crippen LogP contribution in [0.1, 0.15) is 29.6 Å². The van der Waals surface area contributed by atoms with Gasteiger partial charge < -0.3 is 14.8 Å². The van der Waals surface area contributed by atoms with E-state index in [0.717, 1.165) is 23.5 Å². The van der Waals surface area contributed by atoms with Crippen LogP contribution in [0.2, 0.25) is 0 Å². The lowest BCUT2D eigenvalue weighted by molar-refractivity contribution is 0.174. The number of nitrogens with zero attached hydrogens (tertiary/aromatic N) is 4. The molecule has 0 radical (unpaired) electrons. The maximum absolute atomic E-state index is 5.50. The van der Waals surface area contributed by atoms with Crippen molar-refractivity contribution in [3.63, 3.8) is 0 Å². The molecule has 0 spiro atoms. The molecule has 0 aliphatic carbocycles. The fourth-order valence-electron chi connectivity index (χ4n) is 3.34. The predicted octanol–water partition coefficient (Wildman–Crippen LogP) is 2.55. The lowest BCUT2D eigenvalue weighted by Gasteiger charge is -2.31. The van der Waals surface area contributed by atoms with Gasteiger partial charge in [0.25, 0.3) is 0 Å². The van der Waals surface area contributed by atoms with Gasteiger partial charge in [-0.2, -0.15) is 0 Å². The molecule has 0 amide bonds. The van der Waals surface area contributed by atoms with Crippen molar-refractivity contribution in [2.45, 2.75) is 18.5 Å². The second kappa shape index (κ2) is 5.23. The smallest absolute Gasteiger partial charge is 0.243 e. The number of aromatic nitrogens is 4. The highest BCUT2D eigenvalue weighted by atomic mass is 16.7. The second-order valence-corrected chi connectivity index (χ2v) is 5.92. The number of benzene rings is 2. The van der Waals surface area contributed by atoms with E-state index in [2.05, 4.69) is 39.0 Å². The van der Waals surface area contributed by atoms with Gasteiger partial charge >= 0.3 is 0 Å². The van der Waals surface area contributed by atoms with Crippen LogP contribution >= 0.6 is 0 Å². The summed E-state index contributed by atoms with van der Waals surface area (Å²) in [5.41, 5.74) is 2.33. The van der Waals surface area contributed by atoms with Crippen molar-refractivity contribution < 1.29 is 9.47 Å². The van der Waals surface area contributed by atoms with E-state index >= 15 is 0 Å². The Morgan fingerprint density at radius 1 is 1.00 bits per heavy atom. The van der Waals surface area contributed by atoms with Crippen LogP contribution < -0.4 is 14.8 Å². The minimum atomic E-state index is 0.0906. The molecule has 2 atom stereocenters. The van der Waals surface area contributed by atoms with Crippen molar-refractivity contribution in [2.24, 2.45) is 0 Å². The molecule has 7 nitrogen and oxygen atoms in total. The van der Waals surface area contributed by atoms with Gasteiger partial charge in [-0.25, -0.2) is 4.68 Å². The van der Waals surface area contributed by atoms with Crippen LogP contribution in [-0.2, 0) is 0 Å². The molecule has 0 unspecified atom stereocenters. The van der Waals surface area contributed by atoms with Crippen molar-refractivity contribution in [2.75, 3.05) is 12.1 Å². The zero-order valence-electron chi connectivity index (χ0n) is 12.8. The number of rotatable bonds is 2. The summed E-state index contributed by atoms with van der Waals surface area (Å²) in [6, 6.07) is 16.5. The van der Waals surface area contributed by atoms with Gasteiger partial charge in [-0.1, -0.05) is 41.5 Å². The van der Waals surface area contributed by atoms with Crippen LogP contribution in [0.15, 0.2) is 48.5 Å². The van der Waals surface area contributed by atoms with Crippen molar-refractivity contribution in [1.29, 1.82) is 0 Å². The molecule has 1 aromatic heterocycles. The van der Waals surface area contributed by atoms with Crippen molar-refractivity contribution >= 4 is 5.95 Å². The van der Waals surface area contributed by atoms with Gasteiger partial charge in [0.15, 0.2) is 11.5 Å². The summed E-state index contributed by atoms with van der Waals surface area (Å²) in [4.78, 5) is 0. The average Bonchev–Trinajstić information content (AvgIpc) is 3.29.